The van der Waals surface area contributed by atoms with Crippen molar-refractivity contribution in [2.45, 2.75) is 47.0 Å². The van der Waals surface area contributed by atoms with E-state index in [1.165, 1.54) is 35.2 Å². The van der Waals surface area contributed by atoms with E-state index in [0.717, 1.165) is 22.4 Å². The predicted molar refractivity (Wildman–Crippen MR) is 89.2 cm³/mol. The SMILES string of the molecule is CCCCc1c(C)nc(-c2c(C)cc(Br)cc2C)n1C. The highest BCUT2D eigenvalue weighted by atomic mass is 79.9. The summed E-state index contributed by atoms with van der Waals surface area (Å²) in [4.78, 5) is 4.83. The maximum Gasteiger partial charge on any atom is 0.140 e. The largest absolute Gasteiger partial charge is 0.331 e. The fraction of sp³-hybridized carbons (Fsp3) is 0.471. The fourth-order valence-corrected chi connectivity index (χ4v) is 3.54. The quantitative estimate of drug-likeness (QED) is 0.758. The van der Waals surface area contributed by atoms with Crippen LogP contribution in [-0.2, 0) is 13.5 Å². The Morgan fingerprint density at radius 3 is 2.30 bits per heavy atom. The molecule has 0 saturated heterocycles. The molecule has 2 aromatic rings. The second-order valence-electron chi connectivity index (χ2n) is 5.54. The Labute approximate surface area is 130 Å². The molecular formula is C17H23BrN2. The van der Waals surface area contributed by atoms with Crippen LogP contribution in [0.2, 0.25) is 0 Å². The van der Waals surface area contributed by atoms with Crippen LogP contribution in [0.25, 0.3) is 11.4 Å². The zero-order valence-corrected chi connectivity index (χ0v) is 14.6. The van der Waals surface area contributed by atoms with Crippen LogP contribution in [0.3, 0.4) is 0 Å². The number of benzene rings is 1. The van der Waals surface area contributed by atoms with Gasteiger partial charge in [-0.2, -0.15) is 0 Å². The summed E-state index contributed by atoms with van der Waals surface area (Å²) in [6.07, 6.45) is 3.55. The van der Waals surface area contributed by atoms with Crippen LogP contribution in [-0.4, -0.2) is 9.55 Å². The van der Waals surface area contributed by atoms with Crippen LogP contribution in [0.15, 0.2) is 16.6 Å². The van der Waals surface area contributed by atoms with Gasteiger partial charge in [0.1, 0.15) is 5.82 Å². The highest BCUT2D eigenvalue weighted by Gasteiger charge is 2.16. The molecule has 0 amide bonds. The number of aryl methyl sites for hydroxylation is 3. The van der Waals surface area contributed by atoms with Gasteiger partial charge in [-0.15, -0.1) is 0 Å². The molecule has 1 aromatic heterocycles. The molecule has 2 rings (SSSR count). The molecule has 20 heavy (non-hydrogen) atoms. The Balaban J connectivity index is 2.54. The lowest BCUT2D eigenvalue weighted by Crippen LogP contribution is -2.01. The lowest BCUT2D eigenvalue weighted by molar-refractivity contribution is 0.731. The molecule has 0 spiro atoms. The van der Waals surface area contributed by atoms with Gasteiger partial charge >= 0.3 is 0 Å². The average Bonchev–Trinajstić information content (AvgIpc) is 2.62. The zero-order chi connectivity index (χ0) is 14.9. The maximum absolute atomic E-state index is 4.83. The first-order chi connectivity index (χ1) is 9.45. The van der Waals surface area contributed by atoms with E-state index in [1.807, 2.05) is 0 Å². The minimum atomic E-state index is 1.09. The van der Waals surface area contributed by atoms with Gasteiger partial charge in [-0.1, -0.05) is 29.3 Å². The lowest BCUT2D eigenvalue weighted by atomic mass is 10.0. The van der Waals surface area contributed by atoms with Crippen LogP contribution >= 0.6 is 15.9 Å². The standard InChI is InChI=1S/C17H23BrN2/c1-6-7-8-15-13(4)19-17(20(15)5)16-11(2)9-14(18)10-12(16)3/h9-10H,6-8H2,1-5H3. The molecule has 108 valence electrons. The molecule has 3 heteroatoms. The van der Waals surface area contributed by atoms with E-state index < -0.39 is 0 Å². The van der Waals surface area contributed by atoms with Crippen molar-refractivity contribution in [3.63, 3.8) is 0 Å². The number of hydrogen-bond acceptors (Lipinski definition) is 1. The summed E-state index contributed by atoms with van der Waals surface area (Å²) in [7, 11) is 2.14. The van der Waals surface area contributed by atoms with Gasteiger partial charge in [-0.05, 0) is 56.9 Å². The van der Waals surface area contributed by atoms with Crippen molar-refractivity contribution in [2.24, 2.45) is 7.05 Å². The Kier molecular flexibility index (Phi) is 4.69. The van der Waals surface area contributed by atoms with Gasteiger partial charge in [-0.25, -0.2) is 4.98 Å². The zero-order valence-electron chi connectivity index (χ0n) is 13.0. The molecule has 0 atom stereocenters. The van der Waals surface area contributed by atoms with Crippen molar-refractivity contribution < 1.29 is 0 Å². The smallest absolute Gasteiger partial charge is 0.140 e. The molecule has 0 bridgehead atoms. The van der Waals surface area contributed by atoms with Gasteiger partial charge in [0, 0.05) is 22.8 Å². The number of halogens is 1. The highest BCUT2D eigenvalue weighted by Crippen LogP contribution is 2.30. The number of nitrogens with zero attached hydrogens (tertiary/aromatic N) is 2. The van der Waals surface area contributed by atoms with Crippen LogP contribution in [0.1, 0.15) is 42.3 Å². The number of aromatic nitrogens is 2. The van der Waals surface area contributed by atoms with Crippen LogP contribution < -0.4 is 0 Å². The van der Waals surface area contributed by atoms with Crippen LogP contribution in [0, 0.1) is 20.8 Å². The lowest BCUT2D eigenvalue weighted by Gasteiger charge is -2.12. The molecule has 0 radical (unpaired) electrons. The summed E-state index contributed by atoms with van der Waals surface area (Å²) >= 11 is 3.56. The van der Waals surface area contributed by atoms with Crippen LogP contribution in [0.4, 0.5) is 0 Å². The number of unbranched alkanes of at least 4 members (excludes halogenated alkanes) is 1. The number of hydrogen-bond donors (Lipinski definition) is 0. The Morgan fingerprint density at radius 1 is 1.15 bits per heavy atom. The predicted octanol–water partition coefficient (Wildman–Crippen LogP) is 5.12. The molecule has 2 nitrogen and oxygen atoms in total. The minimum absolute atomic E-state index is 1.09. The maximum atomic E-state index is 4.83. The van der Waals surface area contributed by atoms with Crippen molar-refractivity contribution in [1.29, 1.82) is 0 Å². The molecular weight excluding hydrogens is 312 g/mol. The van der Waals surface area contributed by atoms with E-state index in [4.69, 9.17) is 4.98 Å². The summed E-state index contributed by atoms with van der Waals surface area (Å²) in [5.41, 5.74) is 6.34. The molecule has 0 aliphatic heterocycles. The third-order valence-corrected chi connectivity index (χ3v) is 4.36. The second kappa shape index (κ2) is 6.13. The van der Waals surface area contributed by atoms with Crippen molar-refractivity contribution >= 4 is 15.9 Å². The summed E-state index contributed by atoms with van der Waals surface area (Å²) in [6.45, 7) is 8.67. The third kappa shape index (κ3) is 2.83. The van der Waals surface area contributed by atoms with Gasteiger partial charge in [0.25, 0.3) is 0 Å². The molecule has 0 saturated carbocycles. The molecule has 1 aromatic carbocycles. The van der Waals surface area contributed by atoms with Gasteiger partial charge < -0.3 is 4.57 Å². The molecule has 0 aliphatic carbocycles. The fourth-order valence-electron chi connectivity index (χ4n) is 2.85. The third-order valence-electron chi connectivity index (χ3n) is 3.90. The van der Waals surface area contributed by atoms with Crippen molar-refractivity contribution in [3.05, 3.63) is 39.1 Å². The number of imidazole rings is 1. The summed E-state index contributed by atoms with van der Waals surface area (Å²) in [5, 5.41) is 0. The second-order valence-corrected chi connectivity index (χ2v) is 6.46. The van der Waals surface area contributed by atoms with E-state index in [-0.39, 0.29) is 0 Å². The summed E-state index contributed by atoms with van der Waals surface area (Å²) in [6, 6.07) is 4.33. The van der Waals surface area contributed by atoms with Crippen molar-refractivity contribution in [3.8, 4) is 11.4 Å². The number of rotatable bonds is 4. The molecule has 0 fully saturated rings. The summed E-state index contributed by atoms with van der Waals surface area (Å²) < 4.78 is 3.40. The van der Waals surface area contributed by atoms with Gasteiger partial charge in [-0.3, -0.25) is 0 Å². The van der Waals surface area contributed by atoms with Gasteiger partial charge in [0.2, 0.25) is 0 Å². The van der Waals surface area contributed by atoms with Crippen molar-refractivity contribution in [1.82, 2.24) is 9.55 Å². The molecule has 1 heterocycles. The van der Waals surface area contributed by atoms with Gasteiger partial charge in [0.15, 0.2) is 0 Å². The highest BCUT2D eigenvalue weighted by molar-refractivity contribution is 9.10. The molecule has 0 N–H and O–H groups in total. The molecule has 0 unspecified atom stereocenters. The first-order valence-electron chi connectivity index (χ1n) is 7.25. The van der Waals surface area contributed by atoms with Crippen LogP contribution in [0.5, 0.6) is 0 Å². The Bertz CT molecular complexity index is 603. The van der Waals surface area contributed by atoms with E-state index in [0.29, 0.717) is 0 Å². The first-order valence-corrected chi connectivity index (χ1v) is 8.04. The average molecular weight is 335 g/mol. The monoisotopic (exact) mass is 334 g/mol. The van der Waals surface area contributed by atoms with Crippen molar-refractivity contribution in [2.75, 3.05) is 0 Å². The normalized spacial score (nSPS) is 11.1. The van der Waals surface area contributed by atoms with E-state index in [9.17, 15) is 0 Å². The Hall–Kier alpha value is -1.09. The minimum Gasteiger partial charge on any atom is -0.331 e. The van der Waals surface area contributed by atoms with E-state index in [1.54, 1.807) is 0 Å². The Morgan fingerprint density at radius 2 is 1.75 bits per heavy atom. The topological polar surface area (TPSA) is 17.8 Å². The molecule has 0 aliphatic rings. The van der Waals surface area contributed by atoms with Gasteiger partial charge in [0.05, 0.1) is 5.69 Å². The first kappa shape index (κ1) is 15.3. The summed E-state index contributed by atoms with van der Waals surface area (Å²) in [5.74, 6) is 1.09. The van der Waals surface area contributed by atoms with E-state index >= 15 is 0 Å². The van der Waals surface area contributed by atoms with E-state index in [2.05, 4.69) is 67.4 Å².